The van der Waals surface area contributed by atoms with Crippen molar-refractivity contribution in [2.45, 2.75) is 94.3 Å². The quantitative estimate of drug-likeness (QED) is 0.0395. The monoisotopic (exact) mass is 771 g/mol. The maximum absolute atomic E-state index is 14.3. The van der Waals surface area contributed by atoms with Gasteiger partial charge in [-0.1, -0.05) is 55.0 Å². The third kappa shape index (κ3) is 11.2. The summed E-state index contributed by atoms with van der Waals surface area (Å²) in [6, 6.07) is 11.1. The van der Waals surface area contributed by atoms with Crippen molar-refractivity contribution in [2.75, 3.05) is 13.1 Å². The molecule has 2 aromatic carbocycles. The molecule has 7 atom stereocenters. The Labute approximate surface area is 324 Å². The smallest absolute Gasteiger partial charge is 0.243 e. The Bertz CT molecular complexity index is 1920. The lowest BCUT2D eigenvalue weighted by Crippen LogP contribution is -2.59. The second-order valence-corrected chi connectivity index (χ2v) is 14.3. The van der Waals surface area contributed by atoms with E-state index >= 15 is 0 Å². The summed E-state index contributed by atoms with van der Waals surface area (Å²) < 4.78 is 0. The van der Waals surface area contributed by atoms with Gasteiger partial charge in [-0.2, -0.15) is 0 Å². The number of hydrogen-bond acceptors (Lipinski definition) is 10. The molecule has 1 fully saturated rings. The highest BCUT2D eigenvalue weighted by atomic mass is 16.3. The summed E-state index contributed by atoms with van der Waals surface area (Å²) in [6.07, 6.45) is 5.52. The number of imidazole rings is 1. The van der Waals surface area contributed by atoms with Crippen LogP contribution in [0, 0.1) is 0 Å². The largest absolute Gasteiger partial charge is 0.377 e. The first-order valence-electron chi connectivity index (χ1n) is 18.9. The molecule has 1 aliphatic heterocycles. The molecular formula is C39H53N11O6. The number of aliphatic hydroxyl groups excluding tert-OH is 1. The van der Waals surface area contributed by atoms with E-state index < -0.39 is 66.1 Å². The van der Waals surface area contributed by atoms with Gasteiger partial charge in [0.05, 0.1) is 24.5 Å². The number of nitrogens with two attached hydrogens (primary N) is 3. The lowest BCUT2D eigenvalue weighted by Gasteiger charge is -2.29. The van der Waals surface area contributed by atoms with Crippen LogP contribution in [-0.4, -0.2) is 110 Å². The summed E-state index contributed by atoms with van der Waals surface area (Å²) in [5, 5.41) is 22.4. The predicted octanol–water partition coefficient (Wildman–Crippen LogP) is -0.788. The number of rotatable bonds is 20. The van der Waals surface area contributed by atoms with Crippen molar-refractivity contribution in [1.29, 1.82) is 0 Å². The minimum atomic E-state index is -1.35. The molecule has 1 aliphatic rings. The predicted molar refractivity (Wildman–Crippen MR) is 209 cm³/mol. The molecule has 0 saturated carbocycles. The lowest BCUT2D eigenvalue weighted by atomic mass is 10.0. The molecule has 0 radical (unpaired) electrons. The molecule has 300 valence electrons. The first kappa shape index (κ1) is 41.5. The van der Waals surface area contributed by atoms with Crippen LogP contribution in [0.15, 0.2) is 73.3 Å². The van der Waals surface area contributed by atoms with Gasteiger partial charge in [-0.3, -0.25) is 24.0 Å². The Morgan fingerprint density at radius 2 is 1.59 bits per heavy atom. The Balaban J connectivity index is 1.32. The van der Waals surface area contributed by atoms with E-state index in [0.29, 0.717) is 31.5 Å². The molecule has 56 heavy (non-hydrogen) atoms. The highest BCUT2D eigenvalue weighted by Crippen LogP contribution is 2.20. The zero-order valence-corrected chi connectivity index (χ0v) is 31.4. The number of fused-ring (bicyclic) bond motifs is 1. The summed E-state index contributed by atoms with van der Waals surface area (Å²) in [4.78, 5) is 79.4. The Morgan fingerprint density at radius 1 is 0.893 bits per heavy atom. The van der Waals surface area contributed by atoms with Crippen molar-refractivity contribution >= 4 is 40.4 Å². The van der Waals surface area contributed by atoms with Gasteiger partial charge >= 0.3 is 0 Å². The van der Waals surface area contributed by atoms with E-state index in [2.05, 4.69) is 36.2 Å². The van der Waals surface area contributed by atoms with Gasteiger partial charge in [0.2, 0.25) is 29.5 Å². The van der Waals surface area contributed by atoms with E-state index in [9.17, 15) is 29.1 Å². The van der Waals surface area contributed by atoms with Crippen LogP contribution < -0.4 is 38.5 Å². The van der Waals surface area contributed by atoms with Crippen molar-refractivity contribution in [3.8, 4) is 0 Å². The summed E-state index contributed by atoms with van der Waals surface area (Å²) in [6.45, 7) is 2.06. The van der Waals surface area contributed by atoms with Gasteiger partial charge in [-0.05, 0) is 43.5 Å². The summed E-state index contributed by atoms with van der Waals surface area (Å²) in [5.41, 5.74) is 20.6. The van der Waals surface area contributed by atoms with Gasteiger partial charge in [0.1, 0.15) is 24.4 Å². The number of aliphatic hydroxyl groups is 1. The average Bonchev–Trinajstić information content (AvgIpc) is 3.94. The van der Waals surface area contributed by atoms with E-state index in [-0.39, 0.29) is 38.1 Å². The van der Waals surface area contributed by atoms with Crippen molar-refractivity contribution in [2.24, 2.45) is 17.2 Å². The number of aromatic amines is 2. The number of nitrogens with one attached hydrogen (secondary N) is 6. The standard InChI is InChI=1S/C39H53N11O6/c1-23(50-21-27(18-34(50)51)46-37(54)29(41)17-26-20-43-22-45-26)36(53)48-33(16-25-19-44-30-12-6-5-11-28(25)30)39(56)49-32(15-24-9-3-2-4-10-24)38(55)47-31(35(42)52)13-7-8-14-40/h2-6,9-12,19-20,22-23,27,29,31-33,35,44,52H,7-8,13-18,21,40-42H2,1H3,(H,43,45)(H,46,54)(H,47,55)(H,48,53)(H,49,56). The van der Waals surface area contributed by atoms with Crippen molar-refractivity contribution in [1.82, 2.24) is 41.1 Å². The second kappa shape index (κ2) is 19.8. The van der Waals surface area contributed by atoms with Gasteiger partial charge < -0.3 is 58.4 Å². The molecule has 7 unspecified atom stereocenters. The Kier molecular flexibility index (Phi) is 14.7. The lowest BCUT2D eigenvalue weighted by molar-refractivity contribution is -0.138. The summed E-state index contributed by atoms with van der Waals surface area (Å²) in [7, 11) is 0. The maximum Gasteiger partial charge on any atom is 0.243 e. The Morgan fingerprint density at radius 3 is 2.30 bits per heavy atom. The number of carbonyl (C=O) groups excluding carboxylic acids is 5. The van der Waals surface area contributed by atoms with E-state index in [0.717, 1.165) is 22.0 Å². The minimum absolute atomic E-state index is 0.0274. The summed E-state index contributed by atoms with van der Waals surface area (Å²) >= 11 is 0. The van der Waals surface area contributed by atoms with E-state index in [1.807, 2.05) is 54.6 Å². The maximum atomic E-state index is 14.3. The van der Waals surface area contributed by atoms with Crippen molar-refractivity contribution < 1.29 is 29.1 Å². The van der Waals surface area contributed by atoms with E-state index in [1.54, 1.807) is 19.3 Å². The number of likely N-dealkylation sites (tertiary alicyclic amines) is 1. The van der Waals surface area contributed by atoms with E-state index in [1.165, 1.54) is 11.2 Å². The molecule has 17 nitrogen and oxygen atoms in total. The highest BCUT2D eigenvalue weighted by Gasteiger charge is 2.38. The van der Waals surface area contributed by atoms with Gasteiger partial charge in [0.25, 0.3) is 0 Å². The number of H-pyrrole nitrogens is 2. The van der Waals surface area contributed by atoms with Gasteiger partial charge in [-0.25, -0.2) is 4.98 Å². The zero-order chi connectivity index (χ0) is 40.2. The van der Waals surface area contributed by atoms with Crippen LogP contribution in [0.5, 0.6) is 0 Å². The number of amides is 5. The number of hydrogen-bond donors (Lipinski definition) is 10. The fourth-order valence-electron chi connectivity index (χ4n) is 6.85. The second-order valence-electron chi connectivity index (χ2n) is 14.3. The third-order valence-corrected chi connectivity index (χ3v) is 10.0. The molecule has 0 bridgehead atoms. The fraction of sp³-hybridized carbons (Fsp3) is 0.436. The van der Waals surface area contributed by atoms with Crippen LogP contribution in [0.1, 0.15) is 49.4 Å². The molecule has 5 rings (SSSR count). The van der Waals surface area contributed by atoms with Gasteiger partial charge in [0, 0.05) is 61.2 Å². The van der Waals surface area contributed by atoms with Crippen LogP contribution in [0.4, 0.5) is 0 Å². The normalized spacial score (nSPS) is 17.4. The number of benzene rings is 2. The SMILES string of the molecule is CC(C(=O)NC(Cc1c[nH]c2ccccc12)C(=O)NC(Cc1ccccc1)C(=O)NC(CCCCN)C(N)O)N1CC(NC(=O)C(N)Cc2cnc[nH]2)CC1=O. The minimum Gasteiger partial charge on any atom is -0.377 e. The van der Waals surface area contributed by atoms with Crippen molar-refractivity contribution in [3.05, 3.63) is 90.1 Å². The molecule has 3 heterocycles. The van der Waals surface area contributed by atoms with Crippen LogP contribution in [-0.2, 0) is 43.2 Å². The topological polar surface area (TPSA) is 279 Å². The first-order chi connectivity index (χ1) is 26.9. The molecule has 17 heteroatoms. The van der Waals surface area contributed by atoms with Crippen LogP contribution >= 0.6 is 0 Å². The van der Waals surface area contributed by atoms with Gasteiger partial charge in [-0.15, -0.1) is 0 Å². The molecule has 1 saturated heterocycles. The van der Waals surface area contributed by atoms with E-state index in [4.69, 9.17) is 17.2 Å². The molecule has 13 N–H and O–H groups in total. The molecule has 2 aromatic heterocycles. The number of para-hydroxylation sites is 1. The molecular weight excluding hydrogens is 718 g/mol. The van der Waals surface area contributed by atoms with Crippen LogP contribution in [0.2, 0.25) is 0 Å². The number of unbranched alkanes of at least 4 members (excludes halogenated alkanes) is 1. The Hall–Kier alpha value is -5.62. The molecule has 5 amide bonds. The first-order valence-corrected chi connectivity index (χ1v) is 18.9. The number of nitrogens with zero attached hydrogens (tertiary/aromatic N) is 2. The molecule has 4 aromatic rings. The molecule has 0 aliphatic carbocycles. The third-order valence-electron chi connectivity index (χ3n) is 10.0. The van der Waals surface area contributed by atoms with Crippen molar-refractivity contribution in [3.63, 3.8) is 0 Å². The number of carbonyl (C=O) groups is 5. The van der Waals surface area contributed by atoms with Crippen LogP contribution in [0.25, 0.3) is 10.9 Å². The zero-order valence-electron chi connectivity index (χ0n) is 31.4. The highest BCUT2D eigenvalue weighted by molar-refractivity contribution is 5.95. The van der Waals surface area contributed by atoms with Crippen LogP contribution in [0.3, 0.4) is 0 Å². The van der Waals surface area contributed by atoms with Gasteiger partial charge in [0.15, 0.2) is 0 Å². The average molecular weight is 772 g/mol. The fourth-order valence-corrected chi connectivity index (χ4v) is 6.85. The summed E-state index contributed by atoms with van der Waals surface area (Å²) in [5.74, 6) is -2.58. The number of aromatic nitrogens is 3. The molecule has 0 spiro atoms.